The first-order valence-electron chi connectivity index (χ1n) is 10.9. The number of hydrogen-bond donors (Lipinski definition) is 2. The first-order valence-corrected chi connectivity index (χ1v) is 12.0. The van der Waals surface area contributed by atoms with Crippen LogP contribution >= 0.6 is 34.8 Å². The van der Waals surface area contributed by atoms with Crippen molar-refractivity contribution < 1.29 is 19.1 Å². The Bertz CT molecular complexity index is 1540. The number of ether oxygens (including phenoxy) is 1. The third-order valence-corrected chi connectivity index (χ3v) is 6.27. The summed E-state index contributed by atoms with van der Waals surface area (Å²) in [4.78, 5) is 37.2. The predicted molar refractivity (Wildman–Crippen MR) is 145 cm³/mol. The molecule has 186 valence electrons. The molecular formula is C27H18Cl3N3O4. The number of nitrogens with zero attached hydrogens (tertiary/aromatic N) is 1. The fourth-order valence-electron chi connectivity index (χ4n) is 3.39. The lowest BCUT2D eigenvalue weighted by atomic mass is 10.0. The molecule has 0 aliphatic rings. The van der Waals surface area contributed by atoms with Crippen molar-refractivity contribution in [1.82, 2.24) is 10.7 Å². The third kappa shape index (κ3) is 6.46. The molecule has 0 unspecified atom stereocenters. The highest BCUT2D eigenvalue weighted by Gasteiger charge is 2.16. The van der Waals surface area contributed by atoms with Crippen molar-refractivity contribution in [2.24, 2.45) is 5.10 Å². The number of halogens is 3. The van der Waals surface area contributed by atoms with Crippen molar-refractivity contribution in [1.29, 1.82) is 0 Å². The third-order valence-electron chi connectivity index (χ3n) is 5.20. The van der Waals surface area contributed by atoms with Crippen molar-refractivity contribution in [2.45, 2.75) is 0 Å². The lowest BCUT2D eigenvalue weighted by Crippen LogP contribution is -2.34. The molecule has 0 radical (unpaired) electrons. The minimum atomic E-state index is -0.635. The van der Waals surface area contributed by atoms with Gasteiger partial charge in [-0.15, -0.1) is 0 Å². The zero-order valence-corrected chi connectivity index (χ0v) is 21.3. The van der Waals surface area contributed by atoms with Gasteiger partial charge in [0.1, 0.15) is 5.75 Å². The van der Waals surface area contributed by atoms with Crippen molar-refractivity contribution in [2.75, 3.05) is 6.54 Å². The maximum absolute atomic E-state index is 12.7. The van der Waals surface area contributed by atoms with E-state index in [0.717, 1.165) is 10.8 Å². The molecule has 37 heavy (non-hydrogen) atoms. The zero-order valence-electron chi connectivity index (χ0n) is 19.0. The van der Waals surface area contributed by atoms with Crippen LogP contribution in [-0.2, 0) is 4.79 Å². The molecule has 2 amide bonds. The SMILES string of the molecule is O=C(CNC(=O)c1ccc(Cl)c(Cl)c1)NN=Cc1c(OC(=O)c2ccccc2Cl)ccc2ccccc12. The largest absolute Gasteiger partial charge is 0.422 e. The van der Waals surface area contributed by atoms with E-state index in [4.69, 9.17) is 39.5 Å². The molecular weight excluding hydrogens is 537 g/mol. The van der Waals surface area contributed by atoms with Crippen molar-refractivity contribution >= 4 is 69.6 Å². The lowest BCUT2D eigenvalue weighted by Gasteiger charge is -2.11. The summed E-state index contributed by atoms with van der Waals surface area (Å²) >= 11 is 17.9. The lowest BCUT2D eigenvalue weighted by molar-refractivity contribution is -0.120. The number of fused-ring (bicyclic) bond motifs is 1. The Morgan fingerprint density at radius 3 is 2.38 bits per heavy atom. The van der Waals surface area contributed by atoms with Gasteiger partial charge in [0.25, 0.3) is 11.8 Å². The van der Waals surface area contributed by atoms with Gasteiger partial charge < -0.3 is 10.1 Å². The molecule has 7 nitrogen and oxygen atoms in total. The molecule has 0 saturated carbocycles. The summed E-state index contributed by atoms with van der Waals surface area (Å²) < 4.78 is 5.62. The number of amides is 2. The molecule has 4 rings (SSSR count). The number of carbonyl (C=O) groups is 3. The summed E-state index contributed by atoms with van der Waals surface area (Å²) in [5.41, 5.74) is 3.29. The fourth-order valence-corrected chi connectivity index (χ4v) is 3.90. The average molecular weight is 555 g/mol. The molecule has 2 N–H and O–H groups in total. The summed E-state index contributed by atoms with van der Waals surface area (Å²) in [6.07, 6.45) is 1.37. The average Bonchev–Trinajstić information content (AvgIpc) is 2.90. The van der Waals surface area contributed by atoms with Crippen LogP contribution in [0.15, 0.2) is 84.0 Å². The van der Waals surface area contributed by atoms with E-state index < -0.39 is 17.8 Å². The van der Waals surface area contributed by atoms with Crippen molar-refractivity contribution in [3.8, 4) is 5.75 Å². The van der Waals surface area contributed by atoms with Crippen LogP contribution in [0.5, 0.6) is 5.75 Å². The monoisotopic (exact) mass is 553 g/mol. The molecule has 0 saturated heterocycles. The number of hydrogen-bond acceptors (Lipinski definition) is 5. The summed E-state index contributed by atoms with van der Waals surface area (Å²) in [5.74, 6) is -1.47. The van der Waals surface area contributed by atoms with Crippen LogP contribution in [0, 0.1) is 0 Å². The topological polar surface area (TPSA) is 96.9 Å². The first kappa shape index (κ1) is 26.2. The summed E-state index contributed by atoms with van der Waals surface area (Å²) in [6, 6.07) is 21.8. The number of rotatable bonds is 7. The molecule has 0 atom stereocenters. The predicted octanol–water partition coefficient (Wildman–Crippen LogP) is 5.90. The normalized spacial score (nSPS) is 10.9. The highest BCUT2D eigenvalue weighted by Crippen LogP contribution is 2.28. The van der Waals surface area contributed by atoms with Gasteiger partial charge in [-0.25, -0.2) is 10.2 Å². The van der Waals surface area contributed by atoms with Crippen LogP contribution in [0.25, 0.3) is 10.8 Å². The maximum atomic E-state index is 12.7. The van der Waals surface area contributed by atoms with Gasteiger partial charge in [0, 0.05) is 11.1 Å². The Morgan fingerprint density at radius 1 is 0.838 bits per heavy atom. The number of carbonyl (C=O) groups excluding carboxylic acids is 3. The van der Waals surface area contributed by atoms with E-state index in [1.807, 2.05) is 24.3 Å². The van der Waals surface area contributed by atoms with E-state index in [0.29, 0.717) is 10.6 Å². The number of benzene rings is 4. The Morgan fingerprint density at radius 2 is 1.59 bits per heavy atom. The van der Waals surface area contributed by atoms with Crippen LogP contribution < -0.4 is 15.5 Å². The highest BCUT2D eigenvalue weighted by atomic mass is 35.5. The fraction of sp³-hybridized carbons (Fsp3) is 0.0370. The smallest absolute Gasteiger partial charge is 0.345 e. The quantitative estimate of drug-likeness (QED) is 0.129. The Hall–Kier alpha value is -3.91. The van der Waals surface area contributed by atoms with Gasteiger partial charge in [-0.3, -0.25) is 9.59 Å². The van der Waals surface area contributed by atoms with Crippen LogP contribution in [0.1, 0.15) is 26.3 Å². The first-order chi connectivity index (χ1) is 17.8. The van der Waals surface area contributed by atoms with E-state index in [9.17, 15) is 14.4 Å². The van der Waals surface area contributed by atoms with Crippen LogP contribution in [-0.4, -0.2) is 30.5 Å². The van der Waals surface area contributed by atoms with Crippen LogP contribution in [0.3, 0.4) is 0 Å². The van der Waals surface area contributed by atoms with Gasteiger partial charge in [-0.05, 0) is 47.2 Å². The summed E-state index contributed by atoms with van der Waals surface area (Å²) in [6.45, 7) is -0.333. The van der Waals surface area contributed by atoms with Gasteiger partial charge in [0.2, 0.25) is 0 Å². The Labute approximate surface area is 227 Å². The Kier molecular flexibility index (Phi) is 8.40. The Balaban J connectivity index is 1.47. The second-order valence-electron chi connectivity index (χ2n) is 7.67. The highest BCUT2D eigenvalue weighted by molar-refractivity contribution is 6.42. The van der Waals surface area contributed by atoms with Crippen molar-refractivity contribution in [3.63, 3.8) is 0 Å². The molecule has 0 heterocycles. The summed E-state index contributed by atoms with van der Waals surface area (Å²) in [7, 11) is 0. The molecule has 0 bridgehead atoms. The van der Waals surface area contributed by atoms with E-state index >= 15 is 0 Å². The van der Waals surface area contributed by atoms with E-state index in [1.165, 1.54) is 24.4 Å². The van der Waals surface area contributed by atoms with E-state index in [1.54, 1.807) is 36.4 Å². The molecule has 0 spiro atoms. The summed E-state index contributed by atoms with van der Waals surface area (Å²) in [5, 5.41) is 8.90. The maximum Gasteiger partial charge on any atom is 0.345 e. The standard InChI is InChI=1S/C27H18Cl3N3O4/c28-21-8-4-3-7-19(21)27(36)37-24-12-10-16-5-1-2-6-18(16)20(24)14-32-33-25(34)15-31-26(35)17-9-11-22(29)23(30)13-17/h1-14H,15H2,(H,31,35)(H,33,34). The van der Waals surface area contributed by atoms with Gasteiger partial charge >= 0.3 is 5.97 Å². The van der Waals surface area contributed by atoms with E-state index in [2.05, 4.69) is 15.8 Å². The minimum Gasteiger partial charge on any atom is -0.422 e. The van der Waals surface area contributed by atoms with Gasteiger partial charge in [-0.1, -0.05) is 77.3 Å². The van der Waals surface area contributed by atoms with Crippen molar-refractivity contribution in [3.05, 3.63) is 111 Å². The molecule has 0 aromatic heterocycles. The van der Waals surface area contributed by atoms with E-state index in [-0.39, 0.29) is 33.5 Å². The molecule has 0 aliphatic heterocycles. The molecule has 0 aliphatic carbocycles. The molecule has 0 fully saturated rings. The second kappa shape index (κ2) is 11.9. The minimum absolute atomic E-state index is 0.214. The van der Waals surface area contributed by atoms with Gasteiger partial charge in [-0.2, -0.15) is 5.10 Å². The second-order valence-corrected chi connectivity index (χ2v) is 8.89. The number of nitrogens with one attached hydrogen (secondary N) is 2. The molecule has 4 aromatic rings. The van der Waals surface area contributed by atoms with Crippen LogP contribution in [0.2, 0.25) is 15.1 Å². The van der Waals surface area contributed by atoms with Gasteiger partial charge in [0.15, 0.2) is 0 Å². The molecule has 10 heteroatoms. The number of hydrazone groups is 1. The van der Waals surface area contributed by atoms with Gasteiger partial charge in [0.05, 0.1) is 33.4 Å². The molecule has 4 aromatic carbocycles. The number of esters is 1. The van der Waals surface area contributed by atoms with Crippen LogP contribution in [0.4, 0.5) is 0 Å². The zero-order chi connectivity index (χ0) is 26.4.